The highest BCUT2D eigenvalue weighted by molar-refractivity contribution is 6.21. The molecule has 0 saturated carbocycles. The SMILES string of the molecule is c1ccc2c(c1)cc(-c1ccc(N(c3ccc(-c4cc5ccccc5c5ccccc45)cc3)c3cccc4c3oc3ccc5ccccc5c34)cc1)c1ccccc12. The van der Waals surface area contributed by atoms with Crippen LogP contribution in [0.3, 0.4) is 0 Å². The smallest absolute Gasteiger partial charge is 0.159 e. The number of furan rings is 1. The van der Waals surface area contributed by atoms with Gasteiger partial charge in [0, 0.05) is 22.1 Å². The highest BCUT2D eigenvalue weighted by Crippen LogP contribution is 2.45. The van der Waals surface area contributed by atoms with Gasteiger partial charge in [-0.2, -0.15) is 0 Å². The maximum absolute atomic E-state index is 6.84. The molecular weight excluding hydrogens is 703 g/mol. The summed E-state index contributed by atoms with van der Waals surface area (Å²) < 4.78 is 6.84. The fraction of sp³-hybridized carbons (Fsp3) is 0. The number of para-hydroxylation sites is 1. The summed E-state index contributed by atoms with van der Waals surface area (Å²) in [6, 6.07) is 76.9. The van der Waals surface area contributed by atoms with Gasteiger partial charge >= 0.3 is 0 Å². The lowest BCUT2D eigenvalue weighted by molar-refractivity contribution is 0.669. The van der Waals surface area contributed by atoms with Gasteiger partial charge in [-0.3, -0.25) is 0 Å². The van der Waals surface area contributed by atoms with E-state index in [4.69, 9.17) is 4.42 Å². The van der Waals surface area contributed by atoms with Crippen molar-refractivity contribution in [2.75, 3.05) is 4.90 Å². The van der Waals surface area contributed by atoms with Crippen LogP contribution in [0.5, 0.6) is 0 Å². The van der Waals surface area contributed by atoms with Crippen molar-refractivity contribution >= 4 is 92.9 Å². The molecule has 0 saturated heterocycles. The molecule has 2 heteroatoms. The molecule has 0 spiro atoms. The molecule has 58 heavy (non-hydrogen) atoms. The molecule has 270 valence electrons. The van der Waals surface area contributed by atoms with Gasteiger partial charge in [-0.15, -0.1) is 0 Å². The maximum atomic E-state index is 6.84. The van der Waals surface area contributed by atoms with E-state index in [2.05, 4.69) is 217 Å². The van der Waals surface area contributed by atoms with Gasteiger partial charge in [-0.05, 0) is 125 Å². The first kappa shape index (κ1) is 32.6. The van der Waals surface area contributed by atoms with E-state index in [-0.39, 0.29) is 0 Å². The molecule has 0 unspecified atom stereocenters. The topological polar surface area (TPSA) is 16.4 Å². The van der Waals surface area contributed by atoms with E-state index in [1.807, 2.05) is 0 Å². The average molecular weight is 738 g/mol. The number of rotatable bonds is 5. The summed E-state index contributed by atoms with van der Waals surface area (Å²) in [5, 5.41) is 14.7. The monoisotopic (exact) mass is 737 g/mol. The van der Waals surface area contributed by atoms with Gasteiger partial charge in [0.15, 0.2) is 5.58 Å². The number of hydrogen-bond donors (Lipinski definition) is 0. The Balaban J connectivity index is 1.04. The predicted molar refractivity (Wildman–Crippen MR) is 247 cm³/mol. The lowest BCUT2D eigenvalue weighted by Gasteiger charge is -2.26. The second kappa shape index (κ2) is 12.9. The Kier molecular flexibility index (Phi) is 7.26. The summed E-state index contributed by atoms with van der Waals surface area (Å²) >= 11 is 0. The van der Waals surface area contributed by atoms with Gasteiger partial charge in [0.2, 0.25) is 0 Å². The third-order valence-corrected chi connectivity index (χ3v) is 12.0. The summed E-state index contributed by atoms with van der Waals surface area (Å²) in [4.78, 5) is 2.34. The van der Waals surface area contributed by atoms with Crippen molar-refractivity contribution in [2.24, 2.45) is 0 Å². The molecule has 12 aromatic rings. The van der Waals surface area contributed by atoms with Crippen LogP contribution in [0.25, 0.3) is 98.1 Å². The van der Waals surface area contributed by atoms with Crippen molar-refractivity contribution in [3.63, 3.8) is 0 Å². The summed E-state index contributed by atoms with van der Waals surface area (Å²) in [7, 11) is 0. The van der Waals surface area contributed by atoms with Crippen LogP contribution in [0, 0.1) is 0 Å². The van der Waals surface area contributed by atoms with Crippen LogP contribution in [0.15, 0.2) is 217 Å². The normalized spacial score (nSPS) is 11.8. The fourth-order valence-corrected chi connectivity index (χ4v) is 9.32. The zero-order valence-electron chi connectivity index (χ0n) is 31.6. The molecule has 2 nitrogen and oxygen atoms in total. The molecule has 0 aliphatic rings. The van der Waals surface area contributed by atoms with Crippen LogP contribution in [0.4, 0.5) is 17.1 Å². The van der Waals surface area contributed by atoms with Crippen LogP contribution < -0.4 is 4.90 Å². The van der Waals surface area contributed by atoms with Crippen LogP contribution in [0.1, 0.15) is 0 Å². The molecule has 12 rings (SSSR count). The van der Waals surface area contributed by atoms with Gasteiger partial charge in [-0.25, -0.2) is 0 Å². The minimum absolute atomic E-state index is 0.864. The van der Waals surface area contributed by atoms with Crippen LogP contribution in [-0.4, -0.2) is 0 Å². The van der Waals surface area contributed by atoms with Crippen LogP contribution in [-0.2, 0) is 0 Å². The second-order valence-electron chi connectivity index (χ2n) is 15.2. The van der Waals surface area contributed by atoms with Gasteiger partial charge in [0.25, 0.3) is 0 Å². The van der Waals surface area contributed by atoms with E-state index in [0.29, 0.717) is 0 Å². The summed E-state index contributed by atoms with van der Waals surface area (Å²) in [6.45, 7) is 0. The van der Waals surface area contributed by atoms with E-state index < -0.39 is 0 Å². The zero-order chi connectivity index (χ0) is 38.2. The van der Waals surface area contributed by atoms with Gasteiger partial charge in [0.05, 0.1) is 5.69 Å². The number of hydrogen-bond acceptors (Lipinski definition) is 2. The van der Waals surface area contributed by atoms with E-state index in [1.165, 1.54) is 76.1 Å². The molecule has 0 bridgehead atoms. The minimum atomic E-state index is 0.864. The van der Waals surface area contributed by atoms with E-state index >= 15 is 0 Å². The van der Waals surface area contributed by atoms with Crippen molar-refractivity contribution in [3.05, 3.63) is 212 Å². The molecule has 0 fully saturated rings. The molecule has 0 aliphatic carbocycles. The lowest BCUT2D eigenvalue weighted by Crippen LogP contribution is -2.10. The van der Waals surface area contributed by atoms with Crippen molar-refractivity contribution in [1.29, 1.82) is 0 Å². The minimum Gasteiger partial charge on any atom is -0.454 e. The molecule has 0 aliphatic heterocycles. The first-order valence-electron chi connectivity index (χ1n) is 19.9. The Morgan fingerprint density at radius 3 is 1.31 bits per heavy atom. The van der Waals surface area contributed by atoms with Crippen molar-refractivity contribution < 1.29 is 4.42 Å². The predicted octanol–water partition coefficient (Wildman–Crippen LogP) is 16.2. The summed E-state index contributed by atoms with van der Waals surface area (Å²) in [5.74, 6) is 0. The number of benzene rings is 11. The van der Waals surface area contributed by atoms with Gasteiger partial charge in [-0.1, -0.05) is 164 Å². The van der Waals surface area contributed by atoms with Gasteiger partial charge in [0.1, 0.15) is 5.58 Å². The molecular formula is C56H35NO. The molecule has 1 aromatic heterocycles. The molecule has 0 amide bonds. The zero-order valence-corrected chi connectivity index (χ0v) is 31.6. The molecule has 0 radical (unpaired) electrons. The fourth-order valence-electron chi connectivity index (χ4n) is 9.32. The lowest BCUT2D eigenvalue weighted by atomic mass is 9.93. The Labute approximate surface area is 335 Å². The second-order valence-corrected chi connectivity index (χ2v) is 15.2. The van der Waals surface area contributed by atoms with E-state index in [1.54, 1.807) is 0 Å². The van der Waals surface area contributed by atoms with Crippen molar-refractivity contribution in [3.8, 4) is 22.3 Å². The van der Waals surface area contributed by atoms with Crippen molar-refractivity contribution in [1.82, 2.24) is 0 Å². The highest BCUT2D eigenvalue weighted by atomic mass is 16.3. The number of nitrogens with zero attached hydrogens (tertiary/aromatic N) is 1. The summed E-state index contributed by atoms with van der Waals surface area (Å²) in [6.07, 6.45) is 0. The molecule has 0 N–H and O–H groups in total. The standard InChI is InChI=1S/C56H35NO/c1-6-17-45-36(12-1)28-33-54-55(45)50-22-11-23-53(56(50)58-54)57(41-29-24-37(25-30-41)51-34-39-13-2-4-15-43(39)46-18-7-9-20-48(46)51)42-31-26-38(27-32-42)52-35-40-14-3-5-16-44(40)47-19-8-10-21-49(47)52/h1-35H. The van der Waals surface area contributed by atoms with Crippen LogP contribution in [0.2, 0.25) is 0 Å². The summed E-state index contributed by atoms with van der Waals surface area (Å²) in [5.41, 5.74) is 9.66. The largest absolute Gasteiger partial charge is 0.454 e. The van der Waals surface area contributed by atoms with E-state index in [0.717, 1.165) is 39.0 Å². The van der Waals surface area contributed by atoms with Gasteiger partial charge < -0.3 is 9.32 Å². The molecule has 0 atom stereocenters. The Morgan fingerprint density at radius 1 is 0.310 bits per heavy atom. The quantitative estimate of drug-likeness (QED) is 0.164. The molecule has 1 heterocycles. The number of fused-ring (bicyclic) bond motifs is 11. The first-order valence-corrected chi connectivity index (χ1v) is 19.9. The Bertz CT molecular complexity index is 3400. The number of anilines is 3. The highest BCUT2D eigenvalue weighted by Gasteiger charge is 2.21. The Hall–Kier alpha value is -7.68. The molecule has 11 aromatic carbocycles. The third-order valence-electron chi connectivity index (χ3n) is 12.0. The maximum Gasteiger partial charge on any atom is 0.159 e. The third kappa shape index (κ3) is 5.05. The Morgan fingerprint density at radius 2 is 0.759 bits per heavy atom. The average Bonchev–Trinajstić information content (AvgIpc) is 3.69. The first-order chi connectivity index (χ1) is 28.8. The van der Waals surface area contributed by atoms with Crippen molar-refractivity contribution in [2.45, 2.75) is 0 Å². The van der Waals surface area contributed by atoms with E-state index in [9.17, 15) is 0 Å². The van der Waals surface area contributed by atoms with Crippen LogP contribution >= 0.6 is 0 Å².